The first-order valence-corrected chi connectivity index (χ1v) is 12.2. The number of amides is 1. The topological polar surface area (TPSA) is 50.3 Å². The zero-order chi connectivity index (χ0) is 24.4. The summed E-state index contributed by atoms with van der Waals surface area (Å²) in [7, 11) is 0. The molecule has 0 saturated carbocycles. The molecule has 1 heterocycles. The van der Waals surface area contributed by atoms with Crippen molar-refractivity contribution in [3.8, 4) is 0 Å². The maximum atomic E-state index is 13.7. The predicted octanol–water partition coefficient (Wildman–Crippen LogP) is 6.99. The fourth-order valence-electron chi connectivity index (χ4n) is 4.14. The molecule has 0 unspecified atom stereocenters. The number of benzene rings is 4. The second-order valence-corrected chi connectivity index (χ2v) is 9.58. The van der Waals surface area contributed by atoms with Crippen LogP contribution in [0.2, 0.25) is 0 Å². The Balaban J connectivity index is 1.50. The molecule has 0 aliphatic rings. The van der Waals surface area contributed by atoms with Gasteiger partial charge >= 0.3 is 0 Å². The number of thiazole rings is 1. The van der Waals surface area contributed by atoms with Gasteiger partial charge < -0.3 is 0 Å². The predicted molar refractivity (Wildman–Crippen MR) is 142 cm³/mol. The molecule has 0 N–H and O–H groups in total. The van der Waals surface area contributed by atoms with Crippen LogP contribution in [0.5, 0.6) is 0 Å². The second-order valence-electron chi connectivity index (χ2n) is 8.57. The SMILES string of the molecule is Cc1cc(C)c2nc(N(Cc3ccccc3)C(=O)c3ccc(C(=O)c4ccccc4)cc3)sc2c1. The Bertz CT molecular complexity index is 1510. The van der Waals surface area contributed by atoms with E-state index < -0.39 is 0 Å². The van der Waals surface area contributed by atoms with E-state index in [0.717, 1.165) is 21.3 Å². The summed E-state index contributed by atoms with van der Waals surface area (Å²) in [5.74, 6) is -0.219. The van der Waals surface area contributed by atoms with Gasteiger partial charge in [-0.1, -0.05) is 90.2 Å². The fourth-order valence-corrected chi connectivity index (χ4v) is 5.28. The van der Waals surface area contributed by atoms with Crippen LogP contribution in [0.15, 0.2) is 97.1 Å². The van der Waals surface area contributed by atoms with Gasteiger partial charge in [0.1, 0.15) is 0 Å². The molecule has 5 heteroatoms. The van der Waals surface area contributed by atoms with Gasteiger partial charge in [-0.15, -0.1) is 0 Å². The highest BCUT2D eigenvalue weighted by atomic mass is 32.1. The lowest BCUT2D eigenvalue weighted by Crippen LogP contribution is -2.30. The number of aryl methyl sites for hydroxylation is 2. The monoisotopic (exact) mass is 476 g/mol. The molecule has 0 aliphatic carbocycles. The van der Waals surface area contributed by atoms with Crippen LogP contribution >= 0.6 is 11.3 Å². The number of aromatic nitrogens is 1. The number of hydrogen-bond acceptors (Lipinski definition) is 4. The van der Waals surface area contributed by atoms with Gasteiger partial charge in [-0.25, -0.2) is 4.98 Å². The van der Waals surface area contributed by atoms with Crippen molar-refractivity contribution < 1.29 is 9.59 Å². The van der Waals surface area contributed by atoms with Gasteiger partial charge in [-0.05, 0) is 48.7 Å². The molecular formula is C30H24N2O2S. The molecule has 5 aromatic rings. The van der Waals surface area contributed by atoms with Gasteiger partial charge in [-0.2, -0.15) is 0 Å². The molecule has 0 bridgehead atoms. The van der Waals surface area contributed by atoms with Crippen molar-refractivity contribution in [3.63, 3.8) is 0 Å². The summed E-state index contributed by atoms with van der Waals surface area (Å²) in [5.41, 5.74) is 5.89. The van der Waals surface area contributed by atoms with Crippen molar-refractivity contribution in [3.05, 3.63) is 130 Å². The minimum Gasteiger partial charge on any atom is -0.289 e. The van der Waals surface area contributed by atoms with E-state index >= 15 is 0 Å². The number of nitrogens with zero attached hydrogens (tertiary/aromatic N) is 2. The van der Waals surface area contributed by atoms with E-state index in [9.17, 15) is 9.59 Å². The molecule has 0 aliphatic heterocycles. The Hall–Kier alpha value is -4.09. The van der Waals surface area contributed by atoms with Crippen LogP contribution < -0.4 is 4.90 Å². The summed E-state index contributed by atoms with van der Waals surface area (Å²) in [6, 6.07) is 30.1. The van der Waals surface area contributed by atoms with Crippen molar-refractivity contribution in [1.29, 1.82) is 0 Å². The van der Waals surface area contributed by atoms with Crippen molar-refractivity contribution in [2.24, 2.45) is 0 Å². The van der Waals surface area contributed by atoms with Gasteiger partial charge in [-0.3, -0.25) is 14.5 Å². The standard InChI is InChI=1S/C30H24N2O2S/c1-20-17-21(2)27-26(18-20)35-30(31-27)32(19-22-9-5-3-6-10-22)29(34)25-15-13-24(14-16-25)28(33)23-11-7-4-8-12-23/h3-18H,19H2,1-2H3. The number of anilines is 1. The van der Waals surface area contributed by atoms with Crippen molar-refractivity contribution in [2.45, 2.75) is 20.4 Å². The molecule has 4 nitrogen and oxygen atoms in total. The van der Waals surface area contributed by atoms with Crippen LogP contribution in [0.25, 0.3) is 10.2 Å². The van der Waals surface area contributed by atoms with Crippen LogP contribution in [0.3, 0.4) is 0 Å². The number of rotatable bonds is 6. The number of ketones is 1. The molecular weight excluding hydrogens is 452 g/mol. The smallest absolute Gasteiger partial charge is 0.260 e. The van der Waals surface area contributed by atoms with E-state index in [1.807, 2.05) is 55.5 Å². The van der Waals surface area contributed by atoms with Crippen LogP contribution in [-0.2, 0) is 6.54 Å². The number of carbonyl (C=O) groups excluding carboxylic acids is 2. The fraction of sp³-hybridized carbons (Fsp3) is 0.100. The Labute approximate surface area is 208 Å². The normalized spacial score (nSPS) is 10.9. The minimum absolute atomic E-state index is 0.0669. The Morgan fingerprint density at radius 3 is 2.06 bits per heavy atom. The average Bonchev–Trinajstić information content (AvgIpc) is 3.32. The Morgan fingerprint density at radius 2 is 1.37 bits per heavy atom. The molecule has 35 heavy (non-hydrogen) atoms. The summed E-state index contributed by atoms with van der Waals surface area (Å²) in [6.45, 7) is 4.52. The number of carbonyl (C=O) groups is 2. The Morgan fingerprint density at radius 1 is 0.771 bits per heavy atom. The molecule has 172 valence electrons. The van der Waals surface area contributed by atoms with Crippen LogP contribution in [0, 0.1) is 13.8 Å². The van der Waals surface area contributed by atoms with Gasteiger partial charge in [0, 0.05) is 16.7 Å². The van der Waals surface area contributed by atoms with Crippen molar-refractivity contribution in [2.75, 3.05) is 4.90 Å². The summed E-state index contributed by atoms with van der Waals surface area (Å²) in [6.07, 6.45) is 0. The zero-order valence-electron chi connectivity index (χ0n) is 19.6. The summed E-state index contributed by atoms with van der Waals surface area (Å²) in [5, 5.41) is 0.659. The molecule has 1 amide bonds. The molecule has 0 atom stereocenters. The largest absolute Gasteiger partial charge is 0.289 e. The van der Waals surface area contributed by atoms with Gasteiger partial charge in [0.15, 0.2) is 10.9 Å². The van der Waals surface area contributed by atoms with Gasteiger partial charge in [0.2, 0.25) is 0 Å². The lowest BCUT2D eigenvalue weighted by Gasteiger charge is -2.20. The van der Waals surface area contributed by atoms with Crippen molar-refractivity contribution >= 4 is 38.4 Å². The molecule has 1 aromatic heterocycles. The van der Waals surface area contributed by atoms with E-state index in [1.54, 1.807) is 41.3 Å². The first-order valence-electron chi connectivity index (χ1n) is 11.4. The molecule has 0 spiro atoms. The van der Waals surface area contributed by atoms with Crippen LogP contribution in [0.1, 0.15) is 43.0 Å². The zero-order valence-corrected chi connectivity index (χ0v) is 20.4. The molecule has 0 radical (unpaired) electrons. The summed E-state index contributed by atoms with van der Waals surface area (Å²) in [4.78, 5) is 33.1. The van der Waals surface area contributed by atoms with E-state index in [4.69, 9.17) is 4.98 Å². The summed E-state index contributed by atoms with van der Waals surface area (Å²) >= 11 is 1.52. The van der Waals surface area contributed by atoms with Gasteiger partial charge in [0.05, 0.1) is 16.8 Å². The van der Waals surface area contributed by atoms with E-state index in [0.29, 0.717) is 28.4 Å². The van der Waals surface area contributed by atoms with Crippen LogP contribution in [0.4, 0.5) is 5.13 Å². The third kappa shape index (κ3) is 4.77. The van der Waals surface area contributed by atoms with E-state index in [-0.39, 0.29) is 11.7 Å². The maximum Gasteiger partial charge on any atom is 0.260 e. The molecule has 5 rings (SSSR count). The highest BCUT2D eigenvalue weighted by Gasteiger charge is 2.23. The highest BCUT2D eigenvalue weighted by molar-refractivity contribution is 7.22. The van der Waals surface area contributed by atoms with Crippen LogP contribution in [-0.4, -0.2) is 16.7 Å². The van der Waals surface area contributed by atoms with Crippen molar-refractivity contribution in [1.82, 2.24) is 4.98 Å². The lowest BCUT2D eigenvalue weighted by atomic mass is 10.0. The first-order chi connectivity index (χ1) is 17.0. The number of fused-ring (bicyclic) bond motifs is 1. The highest BCUT2D eigenvalue weighted by Crippen LogP contribution is 2.33. The van der Waals surface area contributed by atoms with Gasteiger partial charge in [0.25, 0.3) is 5.91 Å². The molecule has 0 fully saturated rings. The average molecular weight is 477 g/mol. The first kappa shape index (κ1) is 22.7. The third-order valence-electron chi connectivity index (χ3n) is 5.91. The van der Waals surface area contributed by atoms with E-state index in [2.05, 4.69) is 19.1 Å². The third-order valence-corrected chi connectivity index (χ3v) is 6.93. The number of hydrogen-bond donors (Lipinski definition) is 0. The molecule has 4 aromatic carbocycles. The quantitative estimate of drug-likeness (QED) is 0.248. The summed E-state index contributed by atoms with van der Waals surface area (Å²) < 4.78 is 1.06. The molecule has 0 saturated heterocycles. The maximum absolute atomic E-state index is 13.7. The van der Waals surface area contributed by atoms with E-state index in [1.165, 1.54) is 16.9 Å². The Kier molecular flexibility index (Phi) is 6.25. The minimum atomic E-state index is -0.152. The lowest BCUT2D eigenvalue weighted by molar-refractivity contribution is 0.0982. The second kappa shape index (κ2) is 9.65.